The number of aromatic nitrogens is 1. The number of fused-ring (bicyclic) bond motifs is 1. The number of hydrogen-bond acceptors (Lipinski definition) is 6. The van der Waals surface area contributed by atoms with Crippen molar-refractivity contribution in [3.63, 3.8) is 0 Å². The first-order valence-electron chi connectivity index (χ1n) is 8.06. The van der Waals surface area contributed by atoms with Gasteiger partial charge in [0.2, 0.25) is 0 Å². The molecule has 0 saturated heterocycles. The van der Waals surface area contributed by atoms with Gasteiger partial charge in [-0.15, -0.1) is 0 Å². The van der Waals surface area contributed by atoms with Crippen molar-refractivity contribution < 1.29 is 28.2 Å². The molecule has 0 unspecified atom stereocenters. The molecule has 0 saturated carbocycles. The molecule has 144 valence electrons. The van der Waals surface area contributed by atoms with Gasteiger partial charge < -0.3 is 14.0 Å². The quantitative estimate of drug-likeness (QED) is 0.626. The first-order chi connectivity index (χ1) is 13.4. The molecule has 0 radical (unpaired) electrons. The molecule has 0 aliphatic carbocycles. The molecule has 9 heteroatoms. The van der Waals surface area contributed by atoms with Crippen LogP contribution in [-0.4, -0.2) is 36.6 Å². The number of halogens is 1. The fourth-order valence-corrected chi connectivity index (χ4v) is 3.55. The molecule has 0 spiro atoms. The Kier molecular flexibility index (Phi) is 5.65. The topological polar surface area (TPSA) is 87.0 Å². The van der Waals surface area contributed by atoms with Crippen LogP contribution in [0.5, 0.6) is 0 Å². The maximum Gasteiger partial charge on any atom is 0.337 e. The highest BCUT2D eigenvalue weighted by Crippen LogP contribution is 2.19. The van der Waals surface area contributed by atoms with Crippen LogP contribution >= 0.6 is 11.3 Å². The third-order valence-electron chi connectivity index (χ3n) is 3.91. The average molecular weight is 402 g/mol. The Balaban J connectivity index is 2.04. The molecule has 7 nitrogen and oxygen atoms in total. The van der Waals surface area contributed by atoms with Crippen LogP contribution in [0.3, 0.4) is 0 Å². The summed E-state index contributed by atoms with van der Waals surface area (Å²) in [5.74, 6) is -2.05. The van der Waals surface area contributed by atoms with Crippen molar-refractivity contribution in [3.05, 3.63) is 64.2 Å². The summed E-state index contributed by atoms with van der Waals surface area (Å²) < 4.78 is 24.9. The largest absolute Gasteiger partial charge is 0.468 e. The van der Waals surface area contributed by atoms with Crippen molar-refractivity contribution in [2.45, 2.75) is 6.54 Å². The molecule has 0 aliphatic rings. The lowest BCUT2D eigenvalue weighted by atomic mass is 10.1. The Bertz CT molecular complexity index is 1130. The molecular weight excluding hydrogens is 387 g/mol. The van der Waals surface area contributed by atoms with E-state index in [1.165, 1.54) is 61.3 Å². The molecule has 3 rings (SSSR count). The summed E-state index contributed by atoms with van der Waals surface area (Å²) in [6.45, 7) is -0.171. The van der Waals surface area contributed by atoms with Gasteiger partial charge in [0.1, 0.15) is 12.4 Å². The normalized spacial score (nSPS) is 11.5. The number of esters is 2. The third-order valence-corrected chi connectivity index (χ3v) is 4.95. The molecule has 0 atom stereocenters. The van der Waals surface area contributed by atoms with Crippen molar-refractivity contribution in [3.8, 4) is 0 Å². The van der Waals surface area contributed by atoms with Gasteiger partial charge in [0.05, 0.1) is 30.0 Å². The van der Waals surface area contributed by atoms with Crippen LogP contribution in [-0.2, 0) is 20.8 Å². The number of benzene rings is 2. The minimum atomic E-state index is -0.568. The molecule has 28 heavy (non-hydrogen) atoms. The molecule has 0 bridgehead atoms. The lowest BCUT2D eigenvalue weighted by Gasteiger charge is -2.03. The summed E-state index contributed by atoms with van der Waals surface area (Å²) in [7, 11) is 2.52. The summed E-state index contributed by atoms with van der Waals surface area (Å²) in [5.41, 5.74) is 1.11. The standard InChI is InChI=1S/C19H15FN2O5S/c1-26-16(23)10-22-14-8-7-13(20)9-15(14)28-19(22)21-17(24)11-3-5-12(6-4-11)18(25)27-2/h3-9H,10H2,1-2H3. The maximum absolute atomic E-state index is 13.5. The van der Waals surface area contributed by atoms with Crippen LogP contribution in [0.1, 0.15) is 20.7 Å². The van der Waals surface area contributed by atoms with E-state index >= 15 is 0 Å². The fraction of sp³-hybridized carbons (Fsp3) is 0.158. The van der Waals surface area contributed by atoms with Crippen molar-refractivity contribution in [1.29, 1.82) is 0 Å². The number of carbonyl (C=O) groups excluding carboxylic acids is 3. The van der Waals surface area contributed by atoms with Crippen LogP contribution in [0, 0.1) is 5.82 Å². The van der Waals surface area contributed by atoms with Gasteiger partial charge in [0.25, 0.3) is 5.91 Å². The Morgan fingerprint density at radius 1 is 1.04 bits per heavy atom. The van der Waals surface area contributed by atoms with E-state index in [9.17, 15) is 18.8 Å². The number of methoxy groups -OCH3 is 2. The van der Waals surface area contributed by atoms with Crippen LogP contribution in [0.2, 0.25) is 0 Å². The van der Waals surface area contributed by atoms with Crippen LogP contribution in [0.25, 0.3) is 10.2 Å². The first kappa shape index (κ1) is 19.4. The Morgan fingerprint density at radius 3 is 2.36 bits per heavy atom. The van der Waals surface area contributed by atoms with Gasteiger partial charge in [-0.3, -0.25) is 9.59 Å². The van der Waals surface area contributed by atoms with Gasteiger partial charge in [-0.05, 0) is 42.5 Å². The lowest BCUT2D eigenvalue weighted by Crippen LogP contribution is -2.22. The van der Waals surface area contributed by atoms with E-state index in [2.05, 4.69) is 14.5 Å². The third kappa shape index (κ3) is 3.99. The van der Waals surface area contributed by atoms with Gasteiger partial charge in [0, 0.05) is 5.56 Å². The van der Waals surface area contributed by atoms with Gasteiger partial charge in [-0.1, -0.05) is 11.3 Å². The highest BCUT2D eigenvalue weighted by Gasteiger charge is 2.14. The van der Waals surface area contributed by atoms with Gasteiger partial charge in [-0.25, -0.2) is 9.18 Å². The molecule has 3 aromatic rings. The number of nitrogens with zero attached hydrogens (tertiary/aromatic N) is 2. The van der Waals surface area contributed by atoms with E-state index in [0.29, 0.717) is 15.8 Å². The number of thiazole rings is 1. The van der Waals surface area contributed by atoms with E-state index in [1.807, 2.05) is 0 Å². The summed E-state index contributed by atoms with van der Waals surface area (Å²) in [6, 6.07) is 9.90. The fourth-order valence-electron chi connectivity index (χ4n) is 2.50. The zero-order chi connectivity index (χ0) is 20.3. The molecule has 1 heterocycles. The molecule has 1 aromatic heterocycles. The van der Waals surface area contributed by atoms with Crippen LogP contribution < -0.4 is 4.80 Å². The smallest absolute Gasteiger partial charge is 0.337 e. The van der Waals surface area contributed by atoms with E-state index in [0.717, 1.165) is 11.3 Å². The number of amides is 1. The summed E-state index contributed by atoms with van der Waals surface area (Å²) in [6.07, 6.45) is 0. The number of rotatable bonds is 4. The highest BCUT2D eigenvalue weighted by molar-refractivity contribution is 7.16. The van der Waals surface area contributed by atoms with Crippen molar-refractivity contribution in [2.24, 2.45) is 4.99 Å². The van der Waals surface area contributed by atoms with E-state index in [1.54, 1.807) is 0 Å². The van der Waals surface area contributed by atoms with Crippen LogP contribution in [0.15, 0.2) is 47.5 Å². The summed E-state index contributed by atoms with van der Waals surface area (Å²) >= 11 is 1.08. The lowest BCUT2D eigenvalue weighted by molar-refractivity contribution is -0.141. The molecule has 0 fully saturated rings. The van der Waals surface area contributed by atoms with Crippen molar-refractivity contribution in [1.82, 2.24) is 4.57 Å². The summed E-state index contributed by atoms with van der Waals surface area (Å²) in [5, 5.41) is 0. The maximum atomic E-state index is 13.5. The van der Waals surface area contributed by atoms with Crippen LogP contribution in [0.4, 0.5) is 4.39 Å². The zero-order valence-corrected chi connectivity index (χ0v) is 15.8. The number of carbonyl (C=O) groups is 3. The Labute approximate surface area is 162 Å². The average Bonchev–Trinajstić information content (AvgIpc) is 3.03. The SMILES string of the molecule is COC(=O)Cn1c(=NC(=O)c2ccc(C(=O)OC)cc2)sc2cc(F)ccc21. The monoisotopic (exact) mass is 402 g/mol. The minimum absolute atomic E-state index is 0.171. The second kappa shape index (κ2) is 8.13. The predicted molar refractivity (Wildman–Crippen MR) is 99.5 cm³/mol. The van der Waals surface area contributed by atoms with E-state index in [4.69, 9.17) is 0 Å². The molecule has 0 aliphatic heterocycles. The Hall–Kier alpha value is -3.33. The molecule has 0 N–H and O–H groups in total. The first-order valence-corrected chi connectivity index (χ1v) is 8.87. The van der Waals surface area contributed by atoms with Crippen molar-refractivity contribution in [2.75, 3.05) is 14.2 Å². The zero-order valence-electron chi connectivity index (χ0n) is 15.0. The number of hydrogen-bond donors (Lipinski definition) is 0. The predicted octanol–water partition coefficient (Wildman–Crippen LogP) is 2.54. The van der Waals surface area contributed by atoms with Crippen molar-refractivity contribution >= 4 is 39.4 Å². The highest BCUT2D eigenvalue weighted by atomic mass is 32.1. The minimum Gasteiger partial charge on any atom is -0.468 e. The number of ether oxygens (including phenoxy) is 2. The van der Waals surface area contributed by atoms with E-state index < -0.39 is 23.7 Å². The van der Waals surface area contributed by atoms with Gasteiger partial charge in [-0.2, -0.15) is 4.99 Å². The van der Waals surface area contributed by atoms with Gasteiger partial charge in [0.15, 0.2) is 4.80 Å². The Morgan fingerprint density at radius 2 is 1.71 bits per heavy atom. The molecule has 1 amide bonds. The second-order valence-electron chi connectivity index (χ2n) is 5.64. The van der Waals surface area contributed by atoms with Gasteiger partial charge >= 0.3 is 11.9 Å². The second-order valence-corrected chi connectivity index (χ2v) is 6.65. The summed E-state index contributed by atoms with van der Waals surface area (Å²) in [4.78, 5) is 40.1. The molecular formula is C19H15FN2O5S. The molecule has 2 aromatic carbocycles. The van der Waals surface area contributed by atoms with E-state index in [-0.39, 0.29) is 16.9 Å².